The number of sulfone groups is 1. The minimum atomic E-state index is -4.69. The molecule has 1 fully saturated rings. The van der Waals surface area contributed by atoms with E-state index in [0.29, 0.717) is 0 Å². The molecule has 152 valence electrons. The van der Waals surface area contributed by atoms with Crippen LogP contribution in [0.5, 0.6) is 0 Å². The first-order chi connectivity index (χ1) is 13.1. The Morgan fingerprint density at radius 2 is 2.00 bits per heavy atom. The highest BCUT2D eigenvalue weighted by Gasteiger charge is 2.46. The number of hydrogen-bond donors (Lipinski definition) is 0. The van der Waals surface area contributed by atoms with Crippen molar-refractivity contribution < 1.29 is 31.1 Å². The molecule has 1 saturated heterocycles. The molecule has 0 radical (unpaired) electrons. The summed E-state index contributed by atoms with van der Waals surface area (Å²) in [6.45, 7) is -0.250. The summed E-state index contributed by atoms with van der Waals surface area (Å²) in [5.41, 5.74) is 0. The second-order valence-electron chi connectivity index (χ2n) is 5.91. The molecule has 2 heterocycles. The molecule has 0 N–H and O–H groups in total. The number of carbonyl (C=O) groups is 1. The number of alkyl halides is 3. The van der Waals surface area contributed by atoms with E-state index < -0.39 is 38.3 Å². The van der Waals surface area contributed by atoms with Crippen LogP contribution < -0.4 is 4.90 Å². The summed E-state index contributed by atoms with van der Waals surface area (Å²) in [5.74, 6) is -0.777. The SMILES string of the molecule is COC(=O)[C@@H]1C[C@@H](S(=O)(=O)c2ccccc2Cl)CN1c1nnc(C(F)(F)F)s1. The van der Waals surface area contributed by atoms with Crippen LogP contribution in [0.2, 0.25) is 5.02 Å². The Hall–Kier alpha value is -1.92. The van der Waals surface area contributed by atoms with Crippen molar-refractivity contribution in [3.8, 4) is 0 Å². The molecule has 0 bridgehead atoms. The van der Waals surface area contributed by atoms with Crippen molar-refractivity contribution in [1.29, 1.82) is 0 Å². The Bertz CT molecular complexity index is 996. The quantitative estimate of drug-likeness (QED) is 0.655. The number of halogens is 4. The molecule has 28 heavy (non-hydrogen) atoms. The average Bonchev–Trinajstić information content (AvgIpc) is 3.28. The fourth-order valence-corrected chi connectivity index (χ4v) is 5.88. The fourth-order valence-electron chi connectivity index (χ4n) is 2.89. The van der Waals surface area contributed by atoms with Crippen LogP contribution in [-0.2, 0) is 25.5 Å². The fraction of sp³-hybridized carbons (Fsp3) is 0.400. The standard InChI is InChI=1S/C15H13ClF3N3O4S2/c1-26-12(23)10-6-8(28(24,25)11-5-3-2-4-9(11)16)7-22(10)14-21-20-13(27-14)15(17,18)19/h2-5,8,10H,6-7H2,1H3/t8-,10+/m1/s1. The normalized spacial score (nSPS) is 20.4. The molecule has 0 saturated carbocycles. The number of aromatic nitrogens is 2. The lowest BCUT2D eigenvalue weighted by molar-refractivity contribution is -0.142. The topological polar surface area (TPSA) is 89.5 Å². The summed E-state index contributed by atoms with van der Waals surface area (Å²) in [4.78, 5) is 13.2. The van der Waals surface area contributed by atoms with E-state index in [1.165, 1.54) is 23.1 Å². The van der Waals surface area contributed by atoms with E-state index in [9.17, 15) is 26.4 Å². The lowest BCUT2D eigenvalue weighted by Gasteiger charge is -2.20. The van der Waals surface area contributed by atoms with Gasteiger partial charge in [-0.05, 0) is 18.6 Å². The molecule has 0 unspecified atom stereocenters. The number of ether oxygens (including phenoxy) is 1. The van der Waals surface area contributed by atoms with Crippen LogP contribution in [0.1, 0.15) is 11.4 Å². The predicted molar refractivity (Wildman–Crippen MR) is 95.1 cm³/mol. The van der Waals surface area contributed by atoms with E-state index in [-0.39, 0.29) is 39.4 Å². The van der Waals surface area contributed by atoms with Gasteiger partial charge in [-0.3, -0.25) is 0 Å². The number of hydrogen-bond acceptors (Lipinski definition) is 8. The van der Waals surface area contributed by atoms with Gasteiger partial charge < -0.3 is 9.64 Å². The first kappa shape index (κ1) is 20.8. The molecular formula is C15H13ClF3N3O4S2. The van der Waals surface area contributed by atoms with Crippen LogP contribution in [0, 0.1) is 0 Å². The highest BCUT2D eigenvalue weighted by Crippen LogP contribution is 2.39. The van der Waals surface area contributed by atoms with Crippen LogP contribution >= 0.6 is 22.9 Å². The molecule has 13 heteroatoms. The third-order valence-corrected chi connectivity index (χ3v) is 7.86. The van der Waals surface area contributed by atoms with Crippen molar-refractivity contribution in [2.24, 2.45) is 0 Å². The van der Waals surface area contributed by atoms with Gasteiger partial charge in [0, 0.05) is 6.54 Å². The minimum Gasteiger partial charge on any atom is -0.467 e. The van der Waals surface area contributed by atoms with Crippen LogP contribution in [0.4, 0.5) is 18.3 Å². The van der Waals surface area contributed by atoms with Gasteiger partial charge in [-0.25, -0.2) is 13.2 Å². The Labute approximate surface area is 167 Å². The average molecular weight is 456 g/mol. The maximum atomic E-state index is 13.0. The minimum absolute atomic E-state index is 0.0193. The number of benzene rings is 1. The molecule has 1 aliphatic rings. The van der Waals surface area contributed by atoms with Crippen molar-refractivity contribution in [2.75, 3.05) is 18.6 Å². The number of rotatable bonds is 4. The first-order valence-electron chi connectivity index (χ1n) is 7.79. The second-order valence-corrected chi connectivity index (χ2v) is 9.47. The summed E-state index contributed by atoms with van der Waals surface area (Å²) in [5, 5.41) is 4.11. The largest absolute Gasteiger partial charge is 0.467 e. The number of esters is 1. The Morgan fingerprint density at radius 1 is 1.32 bits per heavy atom. The second kappa shape index (κ2) is 7.48. The van der Waals surface area contributed by atoms with Gasteiger partial charge in [-0.2, -0.15) is 13.2 Å². The molecule has 1 aliphatic heterocycles. The third kappa shape index (κ3) is 3.80. The van der Waals surface area contributed by atoms with Gasteiger partial charge in [0.2, 0.25) is 10.1 Å². The molecule has 1 aromatic carbocycles. The lowest BCUT2D eigenvalue weighted by Crippen LogP contribution is -2.37. The molecule has 0 amide bonds. The highest BCUT2D eigenvalue weighted by atomic mass is 35.5. The monoisotopic (exact) mass is 455 g/mol. The van der Waals surface area contributed by atoms with Crippen molar-refractivity contribution >= 4 is 43.9 Å². The van der Waals surface area contributed by atoms with E-state index >= 15 is 0 Å². The van der Waals surface area contributed by atoms with Gasteiger partial charge in [0.1, 0.15) is 6.04 Å². The number of carbonyl (C=O) groups excluding carboxylic acids is 1. The van der Waals surface area contributed by atoms with Crippen LogP contribution in [0.15, 0.2) is 29.2 Å². The van der Waals surface area contributed by atoms with Crippen LogP contribution in [0.3, 0.4) is 0 Å². The molecule has 1 aromatic heterocycles. The first-order valence-corrected chi connectivity index (χ1v) is 10.5. The highest BCUT2D eigenvalue weighted by molar-refractivity contribution is 7.92. The molecule has 2 atom stereocenters. The zero-order chi connectivity index (χ0) is 20.7. The van der Waals surface area contributed by atoms with Crippen molar-refractivity contribution in [1.82, 2.24) is 10.2 Å². The number of anilines is 1. The Kier molecular flexibility index (Phi) is 5.56. The lowest BCUT2D eigenvalue weighted by atomic mass is 10.2. The van der Waals surface area contributed by atoms with Gasteiger partial charge in [-0.1, -0.05) is 35.1 Å². The maximum absolute atomic E-state index is 13.0. The van der Waals surface area contributed by atoms with Crippen molar-refractivity contribution in [3.63, 3.8) is 0 Å². The van der Waals surface area contributed by atoms with E-state index in [2.05, 4.69) is 14.9 Å². The third-order valence-electron chi connectivity index (χ3n) is 4.22. The Morgan fingerprint density at radius 3 is 2.57 bits per heavy atom. The zero-order valence-electron chi connectivity index (χ0n) is 14.2. The molecular weight excluding hydrogens is 443 g/mol. The zero-order valence-corrected chi connectivity index (χ0v) is 16.6. The van der Waals surface area contributed by atoms with Gasteiger partial charge >= 0.3 is 12.1 Å². The summed E-state index contributed by atoms with van der Waals surface area (Å²) in [6, 6.07) is 4.71. The van der Waals surface area contributed by atoms with Crippen LogP contribution in [0.25, 0.3) is 0 Å². The van der Waals surface area contributed by atoms with E-state index in [4.69, 9.17) is 11.6 Å². The van der Waals surface area contributed by atoms with Crippen LogP contribution in [-0.4, -0.2) is 49.5 Å². The van der Waals surface area contributed by atoms with E-state index in [0.717, 1.165) is 7.11 Å². The van der Waals surface area contributed by atoms with Crippen molar-refractivity contribution in [3.05, 3.63) is 34.3 Å². The summed E-state index contributed by atoms with van der Waals surface area (Å²) >= 11 is 6.22. The number of methoxy groups -OCH3 is 1. The molecule has 0 spiro atoms. The smallest absolute Gasteiger partial charge is 0.445 e. The van der Waals surface area contributed by atoms with Crippen molar-refractivity contribution in [2.45, 2.75) is 28.8 Å². The van der Waals surface area contributed by atoms with Gasteiger partial charge in [0.25, 0.3) is 0 Å². The molecule has 0 aliphatic carbocycles. The summed E-state index contributed by atoms with van der Waals surface area (Å²) < 4.78 is 69.1. The molecule has 3 rings (SSSR count). The van der Waals surface area contributed by atoms with Gasteiger partial charge in [0.05, 0.1) is 22.3 Å². The summed E-state index contributed by atoms with van der Waals surface area (Å²) in [7, 11) is -2.84. The summed E-state index contributed by atoms with van der Waals surface area (Å²) in [6.07, 6.45) is -4.87. The maximum Gasteiger partial charge on any atom is 0.445 e. The molecule has 2 aromatic rings. The number of nitrogens with zero attached hydrogens (tertiary/aromatic N) is 3. The Balaban J connectivity index is 1.97. The van der Waals surface area contributed by atoms with Gasteiger partial charge in [-0.15, -0.1) is 10.2 Å². The molecule has 7 nitrogen and oxygen atoms in total. The van der Waals surface area contributed by atoms with Gasteiger partial charge in [0.15, 0.2) is 9.84 Å². The van der Waals surface area contributed by atoms with E-state index in [1.54, 1.807) is 6.07 Å². The predicted octanol–water partition coefficient (Wildman–Crippen LogP) is 2.80. The van der Waals surface area contributed by atoms with E-state index in [1.807, 2.05) is 0 Å².